The predicted molar refractivity (Wildman–Crippen MR) is 154 cm³/mol. The molecule has 2 aromatic heterocycles. The summed E-state index contributed by atoms with van der Waals surface area (Å²) in [5, 5.41) is 6.17. The third-order valence-corrected chi connectivity index (χ3v) is 7.35. The molecule has 4 aromatic rings. The lowest BCUT2D eigenvalue weighted by Crippen LogP contribution is -2.44. The Morgan fingerprint density at radius 2 is 1.85 bits per heavy atom. The molecule has 2 amide bonds. The predicted octanol–water partition coefficient (Wildman–Crippen LogP) is 5.03. The minimum atomic E-state index is -1.33. The number of rotatable bonds is 8. The fourth-order valence-electron chi connectivity index (χ4n) is 4.95. The average molecular weight is 543 g/mol. The molecule has 0 unspecified atom stereocenters. The number of anilines is 2. The minimum absolute atomic E-state index is 0.0269. The summed E-state index contributed by atoms with van der Waals surface area (Å²) < 4.78 is 22.0. The van der Waals surface area contributed by atoms with Crippen molar-refractivity contribution < 1.29 is 18.7 Å². The number of fused-ring (bicyclic) bond motifs is 1. The van der Waals surface area contributed by atoms with Gasteiger partial charge in [-0.15, -0.1) is 0 Å². The molecular formula is C30H31FN6O3. The number of nitrogens with two attached hydrogens (primary N) is 1. The van der Waals surface area contributed by atoms with Gasteiger partial charge >= 0.3 is 0 Å². The van der Waals surface area contributed by atoms with E-state index < -0.39 is 11.6 Å². The number of benzene rings is 2. The van der Waals surface area contributed by atoms with Crippen LogP contribution in [-0.2, 0) is 11.8 Å². The Kier molecular flexibility index (Phi) is 7.01. The molecule has 0 saturated heterocycles. The molecule has 1 saturated carbocycles. The van der Waals surface area contributed by atoms with Crippen LogP contribution >= 0.6 is 0 Å². The molecule has 0 radical (unpaired) electrons. The Morgan fingerprint density at radius 3 is 2.48 bits per heavy atom. The van der Waals surface area contributed by atoms with E-state index >= 15 is 0 Å². The Hall–Kier alpha value is -4.73. The quantitative estimate of drug-likeness (QED) is 0.268. The van der Waals surface area contributed by atoms with Crippen molar-refractivity contribution in [2.75, 3.05) is 24.7 Å². The maximum atomic E-state index is 14.5. The number of nitrogens with one attached hydrogen (secondary N) is 2. The van der Waals surface area contributed by atoms with Crippen molar-refractivity contribution in [2.24, 2.45) is 7.05 Å². The van der Waals surface area contributed by atoms with E-state index in [0.717, 1.165) is 28.8 Å². The largest absolute Gasteiger partial charge is 0.496 e. The molecule has 0 bridgehead atoms. The topological polar surface area (TPSA) is 124 Å². The second-order valence-electron chi connectivity index (χ2n) is 10.2. The Bertz CT molecular complexity index is 1640. The molecule has 0 aliphatic heterocycles. The van der Waals surface area contributed by atoms with Crippen LogP contribution in [0.15, 0.2) is 60.9 Å². The van der Waals surface area contributed by atoms with Gasteiger partial charge < -0.3 is 25.7 Å². The van der Waals surface area contributed by atoms with Crippen LogP contribution < -0.4 is 21.1 Å². The first kappa shape index (κ1) is 26.9. The number of ether oxygens (including phenoxy) is 1. The van der Waals surface area contributed by atoms with Crippen LogP contribution in [0.1, 0.15) is 36.5 Å². The van der Waals surface area contributed by atoms with Crippen molar-refractivity contribution in [3.05, 3.63) is 66.5 Å². The van der Waals surface area contributed by atoms with Gasteiger partial charge in [0.1, 0.15) is 29.2 Å². The van der Waals surface area contributed by atoms with E-state index in [1.54, 1.807) is 37.3 Å². The molecule has 40 heavy (non-hydrogen) atoms. The van der Waals surface area contributed by atoms with E-state index in [-0.39, 0.29) is 12.5 Å². The van der Waals surface area contributed by atoms with Crippen LogP contribution in [0.3, 0.4) is 0 Å². The molecule has 5 rings (SSSR count). The molecular weight excluding hydrogens is 511 g/mol. The van der Waals surface area contributed by atoms with Gasteiger partial charge in [-0.3, -0.25) is 9.59 Å². The number of aromatic nitrogens is 3. The first-order chi connectivity index (χ1) is 19.1. The Morgan fingerprint density at radius 1 is 1.15 bits per heavy atom. The SMILES string of the molecule is C=C(C)C(=O)Nc1ccc(-c2c(-c3ccc(C(=O)NCC4(F)CCC4)c(OC)c3)c3c(N)ncnc3n2C)cc1. The van der Waals surface area contributed by atoms with Crippen LogP contribution in [0, 0.1) is 0 Å². The van der Waals surface area contributed by atoms with Crippen molar-refractivity contribution in [2.45, 2.75) is 31.9 Å². The summed E-state index contributed by atoms with van der Waals surface area (Å²) in [7, 11) is 3.37. The van der Waals surface area contributed by atoms with Crippen molar-refractivity contribution in [1.82, 2.24) is 19.9 Å². The zero-order valence-electron chi connectivity index (χ0n) is 22.7. The molecule has 1 aliphatic carbocycles. The number of nitrogens with zero attached hydrogens (tertiary/aromatic N) is 3. The van der Waals surface area contributed by atoms with Crippen molar-refractivity contribution in [3.8, 4) is 28.1 Å². The molecule has 2 aromatic carbocycles. The normalized spacial score (nSPS) is 13.9. The number of carbonyl (C=O) groups excluding carboxylic acids is 2. The summed E-state index contributed by atoms with van der Waals surface area (Å²) in [5.41, 5.74) is 10.1. The number of carbonyl (C=O) groups is 2. The maximum Gasteiger partial charge on any atom is 0.255 e. The zero-order valence-corrected chi connectivity index (χ0v) is 22.7. The third kappa shape index (κ3) is 4.88. The second-order valence-corrected chi connectivity index (χ2v) is 10.2. The number of halogens is 1. The second kappa shape index (κ2) is 10.4. The van der Waals surface area contributed by atoms with Crippen molar-refractivity contribution in [3.63, 3.8) is 0 Å². The third-order valence-electron chi connectivity index (χ3n) is 7.35. The summed E-state index contributed by atoms with van der Waals surface area (Å²) >= 11 is 0. The average Bonchev–Trinajstić information content (AvgIpc) is 3.24. The fourth-order valence-corrected chi connectivity index (χ4v) is 4.95. The maximum absolute atomic E-state index is 14.5. The first-order valence-electron chi connectivity index (χ1n) is 12.9. The lowest BCUT2D eigenvalue weighted by Gasteiger charge is -2.33. The van der Waals surface area contributed by atoms with Gasteiger partial charge in [-0.05, 0) is 61.6 Å². The van der Waals surface area contributed by atoms with E-state index in [4.69, 9.17) is 10.5 Å². The summed E-state index contributed by atoms with van der Waals surface area (Å²) in [6.45, 7) is 5.29. The van der Waals surface area contributed by atoms with Crippen molar-refractivity contribution in [1.29, 1.82) is 0 Å². The molecule has 1 fully saturated rings. The van der Waals surface area contributed by atoms with Gasteiger partial charge in [0.05, 0.1) is 30.3 Å². The Labute approximate surface area is 231 Å². The lowest BCUT2D eigenvalue weighted by atomic mass is 9.82. The van der Waals surface area contributed by atoms with Gasteiger partial charge in [0.15, 0.2) is 0 Å². The summed E-state index contributed by atoms with van der Waals surface area (Å²) in [6.07, 6.45) is 3.15. The van der Waals surface area contributed by atoms with Gasteiger partial charge in [-0.2, -0.15) is 0 Å². The molecule has 4 N–H and O–H groups in total. The molecule has 10 heteroatoms. The van der Waals surface area contributed by atoms with E-state index in [0.29, 0.717) is 52.3 Å². The van der Waals surface area contributed by atoms with Crippen LogP contribution in [-0.4, -0.2) is 45.7 Å². The number of hydrogen-bond donors (Lipinski definition) is 3. The fraction of sp³-hybridized carbons (Fsp3) is 0.267. The van der Waals surface area contributed by atoms with Crippen LogP contribution in [0.25, 0.3) is 33.4 Å². The van der Waals surface area contributed by atoms with E-state index in [1.807, 2.05) is 23.7 Å². The smallest absolute Gasteiger partial charge is 0.255 e. The highest BCUT2D eigenvalue weighted by Crippen LogP contribution is 2.43. The van der Waals surface area contributed by atoms with E-state index in [9.17, 15) is 14.0 Å². The van der Waals surface area contributed by atoms with Gasteiger partial charge in [0.2, 0.25) is 0 Å². The molecule has 0 atom stereocenters. The Balaban J connectivity index is 1.58. The number of alkyl halides is 1. The molecule has 0 spiro atoms. The summed E-state index contributed by atoms with van der Waals surface area (Å²) in [4.78, 5) is 33.7. The number of methoxy groups -OCH3 is 1. The van der Waals surface area contributed by atoms with Crippen LogP contribution in [0.2, 0.25) is 0 Å². The van der Waals surface area contributed by atoms with Gasteiger partial charge in [-0.1, -0.05) is 24.8 Å². The minimum Gasteiger partial charge on any atom is -0.496 e. The molecule has 1 aliphatic rings. The highest BCUT2D eigenvalue weighted by molar-refractivity contribution is 6.09. The van der Waals surface area contributed by atoms with E-state index in [2.05, 4.69) is 27.2 Å². The zero-order chi connectivity index (χ0) is 28.6. The first-order valence-corrected chi connectivity index (χ1v) is 12.9. The van der Waals surface area contributed by atoms with Crippen LogP contribution in [0.4, 0.5) is 15.9 Å². The van der Waals surface area contributed by atoms with Gasteiger partial charge in [-0.25, -0.2) is 14.4 Å². The number of hydrogen-bond acceptors (Lipinski definition) is 6. The lowest BCUT2D eigenvalue weighted by molar-refractivity contribution is -0.112. The van der Waals surface area contributed by atoms with E-state index in [1.165, 1.54) is 13.4 Å². The monoisotopic (exact) mass is 542 g/mol. The number of amides is 2. The number of nitrogen functional groups attached to an aromatic ring is 1. The molecule has 2 heterocycles. The van der Waals surface area contributed by atoms with Crippen LogP contribution in [0.5, 0.6) is 5.75 Å². The van der Waals surface area contributed by atoms with Gasteiger partial charge in [0.25, 0.3) is 11.8 Å². The highest BCUT2D eigenvalue weighted by Gasteiger charge is 2.37. The van der Waals surface area contributed by atoms with Gasteiger partial charge in [0, 0.05) is 23.9 Å². The summed E-state index contributed by atoms with van der Waals surface area (Å²) in [6, 6.07) is 12.6. The summed E-state index contributed by atoms with van der Waals surface area (Å²) in [5.74, 6) is -0.0122. The van der Waals surface area contributed by atoms with Crippen molar-refractivity contribution >= 4 is 34.4 Å². The standard InChI is InChI=1S/C30H31FN6O3/c1-17(2)28(38)36-20-9-6-18(7-10-20)25-23(24-26(32)34-16-35-27(24)37(25)3)19-8-11-21(22(14-19)40-4)29(39)33-15-30(31)12-5-13-30/h6-11,14,16H,1,5,12-13,15H2,2-4H3,(H,33,39)(H,36,38)(H2,32,34,35). The molecule has 9 nitrogen and oxygen atoms in total. The highest BCUT2D eigenvalue weighted by atomic mass is 19.1. The molecule has 206 valence electrons. The number of aryl methyl sites for hydroxylation is 1.